The summed E-state index contributed by atoms with van der Waals surface area (Å²) in [6.07, 6.45) is 1.40. The lowest BCUT2D eigenvalue weighted by molar-refractivity contribution is -0.0849. The van der Waals surface area contributed by atoms with Crippen molar-refractivity contribution in [3.05, 3.63) is 39.7 Å². The third-order valence-corrected chi connectivity index (χ3v) is 5.19. The molecule has 1 aromatic carbocycles. The Balaban J connectivity index is 1.56. The van der Waals surface area contributed by atoms with Gasteiger partial charge in [0.25, 0.3) is 0 Å². The molecule has 0 unspecified atom stereocenters. The molecular weight excluding hydrogens is 350 g/mol. The molecule has 27 heavy (non-hydrogen) atoms. The van der Waals surface area contributed by atoms with Gasteiger partial charge in [0.2, 0.25) is 0 Å². The quantitative estimate of drug-likeness (QED) is 0.811. The molecule has 7 heteroatoms. The number of rotatable bonds is 5. The van der Waals surface area contributed by atoms with Crippen molar-refractivity contribution in [1.29, 1.82) is 0 Å². The zero-order valence-corrected chi connectivity index (χ0v) is 15.4. The van der Waals surface area contributed by atoms with Gasteiger partial charge in [0.05, 0.1) is 6.04 Å². The Bertz CT molecular complexity index is 921. The number of ether oxygens (including phenoxy) is 3. The molecule has 2 aromatic rings. The number of benzene rings is 1. The Kier molecular flexibility index (Phi) is 4.78. The van der Waals surface area contributed by atoms with E-state index in [9.17, 15) is 9.59 Å². The average Bonchev–Trinajstić information content (AvgIpc) is 3.03. The second-order valence-electron chi connectivity index (χ2n) is 7.04. The Morgan fingerprint density at radius 3 is 2.96 bits per heavy atom. The van der Waals surface area contributed by atoms with E-state index < -0.39 is 6.09 Å². The second-order valence-corrected chi connectivity index (χ2v) is 7.04. The van der Waals surface area contributed by atoms with Gasteiger partial charge in [0, 0.05) is 23.6 Å². The lowest BCUT2D eigenvalue weighted by Crippen LogP contribution is -2.48. The molecule has 0 spiro atoms. The lowest BCUT2D eigenvalue weighted by Gasteiger charge is -2.31. The van der Waals surface area contributed by atoms with E-state index in [0.29, 0.717) is 17.9 Å². The molecular formula is C20H23NO6. The molecule has 0 radical (unpaired) electrons. The molecule has 7 nitrogen and oxygen atoms in total. The van der Waals surface area contributed by atoms with Gasteiger partial charge in [-0.3, -0.25) is 0 Å². The van der Waals surface area contributed by atoms with E-state index >= 15 is 0 Å². The van der Waals surface area contributed by atoms with Crippen molar-refractivity contribution in [2.24, 2.45) is 0 Å². The van der Waals surface area contributed by atoms with Crippen LogP contribution in [0.1, 0.15) is 30.9 Å². The van der Waals surface area contributed by atoms with Gasteiger partial charge in [-0.1, -0.05) is 13.3 Å². The second kappa shape index (κ2) is 7.23. The first-order chi connectivity index (χ1) is 13.1. The van der Waals surface area contributed by atoms with Crippen LogP contribution in [-0.2, 0) is 15.9 Å². The van der Waals surface area contributed by atoms with Crippen molar-refractivity contribution in [2.75, 3.05) is 13.2 Å². The van der Waals surface area contributed by atoms with Gasteiger partial charge in [-0.05, 0) is 37.5 Å². The Hall–Kier alpha value is -2.54. The molecule has 4 rings (SSSR count). The number of nitrogens with one attached hydrogen (secondary N) is 1. The highest BCUT2D eigenvalue weighted by Gasteiger charge is 2.43. The number of aryl methyl sites for hydroxylation is 2. The summed E-state index contributed by atoms with van der Waals surface area (Å²) < 4.78 is 22.5. The van der Waals surface area contributed by atoms with Crippen LogP contribution in [0, 0.1) is 6.92 Å². The third kappa shape index (κ3) is 3.39. The van der Waals surface area contributed by atoms with E-state index in [1.54, 1.807) is 6.07 Å². The zero-order valence-electron chi connectivity index (χ0n) is 15.4. The maximum atomic E-state index is 11.9. The zero-order chi connectivity index (χ0) is 19.0. The SMILES string of the molecule is CCCc1cc(=O)oc2c(C)c(OC[C@H]3OCC[C@@H]4NC(=O)O[C@@H]43)ccc12. The number of alkyl carbamates (subject to hydrolysis) is 1. The van der Waals surface area contributed by atoms with Crippen LogP contribution in [-0.4, -0.2) is 37.6 Å². The van der Waals surface area contributed by atoms with E-state index in [1.807, 2.05) is 19.1 Å². The van der Waals surface area contributed by atoms with Gasteiger partial charge in [-0.2, -0.15) is 0 Å². The smallest absolute Gasteiger partial charge is 0.407 e. The van der Waals surface area contributed by atoms with Crippen molar-refractivity contribution in [3.63, 3.8) is 0 Å². The van der Waals surface area contributed by atoms with Crippen LogP contribution in [0.4, 0.5) is 4.79 Å². The minimum atomic E-state index is -0.410. The molecule has 0 aliphatic carbocycles. The van der Waals surface area contributed by atoms with Crippen molar-refractivity contribution in [3.8, 4) is 5.75 Å². The largest absolute Gasteiger partial charge is 0.490 e. The first kappa shape index (κ1) is 17.9. The Morgan fingerprint density at radius 1 is 1.30 bits per heavy atom. The fraction of sp³-hybridized carbons (Fsp3) is 0.500. The molecule has 0 bridgehead atoms. The van der Waals surface area contributed by atoms with Gasteiger partial charge >= 0.3 is 11.7 Å². The van der Waals surface area contributed by atoms with Crippen molar-refractivity contribution < 1.29 is 23.4 Å². The normalized spacial score (nSPS) is 24.4. The number of fused-ring (bicyclic) bond motifs is 2. The summed E-state index contributed by atoms with van der Waals surface area (Å²) in [6.45, 7) is 4.75. The number of carbonyl (C=O) groups excluding carboxylic acids is 1. The van der Waals surface area contributed by atoms with Crippen molar-refractivity contribution in [1.82, 2.24) is 5.32 Å². The minimum Gasteiger partial charge on any atom is -0.490 e. The predicted molar refractivity (Wildman–Crippen MR) is 98.3 cm³/mol. The van der Waals surface area contributed by atoms with Gasteiger partial charge in [0.1, 0.15) is 24.0 Å². The highest BCUT2D eigenvalue weighted by Crippen LogP contribution is 2.30. The van der Waals surface area contributed by atoms with Crippen LogP contribution in [0.3, 0.4) is 0 Å². The van der Waals surface area contributed by atoms with E-state index in [4.69, 9.17) is 18.6 Å². The van der Waals surface area contributed by atoms with E-state index in [1.165, 1.54) is 0 Å². The highest BCUT2D eigenvalue weighted by atomic mass is 16.6. The van der Waals surface area contributed by atoms with Gasteiger partial charge in [-0.15, -0.1) is 0 Å². The van der Waals surface area contributed by atoms with Crippen LogP contribution in [0.5, 0.6) is 5.75 Å². The summed E-state index contributed by atoms with van der Waals surface area (Å²) in [7, 11) is 0. The highest BCUT2D eigenvalue weighted by molar-refractivity contribution is 5.85. The molecule has 3 atom stereocenters. The molecule has 0 saturated carbocycles. The number of amides is 1. The molecule has 1 aromatic heterocycles. The van der Waals surface area contributed by atoms with Gasteiger partial charge < -0.3 is 23.9 Å². The fourth-order valence-corrected chi connectivity index (χ4v) is 3.84. The third-order valence-electron chi connectivity index (χ3n) is 5.19. The number of hydrogen-bond acceptors (Lipinski definition) is 6. The Labute approximate surface area is 156 Å². The molecule has 2 aliphatic heterocycles. The summed E-state index contributed by atoms with van der Waals surface area (Å²) in [5, 5.41) is 3.73. The van der Waals surface area contributed by atoms with Crippen LogP contribution in [0.25, 0.3) is 11.0 Å². The molecule has 144 valence electrons. The molecule has 1 amide bonds. The van der Waals surface area contributed by atoms with Crippen LogP contribution in [0.2, 0.25) is 0 Å². The summed E-state index contributed by atoms with van der Waals surface area (Å²) in [5.41, 5.74) is 1.96. The van der Waals surface area contributed by atoms with E-state index in [2.05, 4.69) is 12.2 Å². The molecule has 2 fully saturated rings. The maximum absolute atomic E-state index is 11.9. The fourth-order valence-electron chi connectivity index (χ4n) is 3.84. The molecule has 2 saturated heterocycles. The van der Waals surface area contributed by atoms with Crippen molar-refractivity contribution in [2.45, 2.75) is 51.4 Å². The molecule has 3 heterocycles. The van der Waals surface area contributed by atoms with E-state index in [-0.39, 0.29) is 30.5 Å². The Morgan fingerprint density at radius 2 is 2.15 bits per heavy atom. The maximum Gasteiger partial charge on any atom is 0.407 e. The molecule has 1 N–H and O–H groups in total. The summed E-state index contributed by atoms with van der Waals surface area (Å²) in [4.78, 5) is 23.4. The first-order valence-electron chi connectivity index (χ1n) is 9.34. The number of hydrogen-bond donors (Lipinski definition) is 1. The van der Waals surface area contributed by atoms with E-state index in [0.717, 1.165) is 35.8 Å². The van der Waals surface area contributed by atoms with Crippen LogP contribution in [0.15, 0.2) is 27.4 Å². The topological polar surface area (TPSA) is 87.0 Å². The first-order valence-corrected chi connectivity index (χ1v) is 9.34. The van der Waals surface area contributed by atoms with Crippen LogP contribution >= 0.6 is 0 Å². The summed E-state index contributed by atoms with van der Waals surface area (Å²) >= 11 is 0. The summed E-state index contributed by atoms with van der Waals surface area (Å²) in [6, 6.07) is 5.33. The standard InChI is InChI=1S/C20H23NO6/c1-3-4-12-9-17(22)26-18-11(2)15(6-5-13(12)18)25-10-16-19-14(7-8-24-16)21-20(23)27-19/h5-6,9,14,16,19H,3-4,7-8,10H2,1-2H3,(H,21,23)/t14-,16+,19-/m0/s1. The monoisotopic (exact) mass is 373 g/mol. The number of carbonyl (C=O) groups is 1. The van der Waals surface area contributed by atoms with Crippen LogP contribution < -0.4 is 15.7 Å². The average molecular weight is 373 g/mol. The van der Waals surface area contributed by atoms with Crippen molar-refractivity contribution >= 4 is 17.1 Å². The van der Waals surface area contributed by atoms with Gasteiger partial charge in [0.15, 0.2) is 6.10 Å². The predicted octanol–water partition coefficient (Wildman–Crippen LogP) is 2.70. The minimum absolute atomic E-state index is 0.0350. The molecule has 2 aliphatic rings. The lowest BCUT2D eigenvalue weighted by atomic mass is 10.0. The van der Waals surface area contributed by atoms with Gasteiger partial charge in [-0.25, -0.2) is 9.59 Å². The summed E-state index contributed by atoms with van der Waals surface area (Å²) in [5.74, 6) is 0.627.